The Morgan fingerprint density at radius 3 is 2.24 bits per heavy atom. The Morgan fingerprint density at radius 2 is 1.69 bits per heavy atom. The summed E-state index contributed by atoms with van der Waals surface area (Å²) in [4.78, 5) is 15.1. The average molecular weight is 486 g/mol. The monoisotopic (exact) mass is 485 g/mol. The van der Waals surface area contributed by atoms with Crippen molar-refractivity contribution in [1.29, 1.82) is 0 Å². The standard InChI is InChI=1S/C20H28BrN3O4S/c1-15-13-24(14-16(2)28-15)29(26,27)23-10-8-22(9-11-23)19(25)20(6-7-20)17-4-3-5-18(21)12-17/h3-5,12,15-16H,6-11,13-14H2,1-2H3. The summed E-state index contributed by atoms with van der Waals surface area (Å²) in [7, 11) is -3.54. The lowest BCUT2D eigenvalue weighted by Gasteiger charge is -2.40. The molecule has 0 aromatic heterocycles. The predicted octanol–water partition coefficient (Wildman–Crippen LogP) is 1.98. The van der Waals surface area contributed by atoms with Gasteiger partial charge < -0.3 is 9.64 Å². The smallest absolute Gasteiger partial charge is 0.282 e. The van der Waals surface area contributed by atoms with Crippen molar-refractivity contribution < 1.29 is 17.9 Å². The molecule has 2 heterocycles. The zero-order valence-corrected chi connectivity index (χ0v) is 19.3. The molecule has 0 bridgehead atoms. The summed E-state index contributed by atoms with van der Waals surface area (Å²) in [6.45, 7) is 6.07. The molecule has 0 N–H and O–H groups in total. The van der Waals surface area contributed by atoms with E-state index in [2.05, 4.69) is 15.9 Å². The van der Waals surface area contributed by atoms with Crippen molar-refractivity contribution in [3.05, 3.63) is 34.3 Å². The number of halogens is 1. The molecule has 29 heavy (non-hydrogen) atoms. The van der Waals surface area contributed by atoms with Gasteiger partial charge in [0.1, 0.15) is 0 Å². The molecule has 1 aromatic carbocycles. The van der Waals surface area contributed by atoms with Crippen molar-refractivity contribution in [3.63, 3.8) is 0 Å². The van der Waals surface area contributed by atoms with Crippen LogP contribution in [0.25, 0.3) is 0 Å². The Hall–Kier alpha value is -1.00. The van der Waals surface area contributed by atoms with Crippen LogP contribution in [0.1, 0.15) is 32.3 Å². The third kappa shape index (κ3) is 4.12. The first-order chi connectivity index (χ1) is 13.7. The molecule has 2 unspecified atom stereocenters. The summed E-state index contributed by atoms with van der Waals surface area (Å²) in [6.07, 6.45) is 1.47. The fourth-order valence-corrected chi connectivity index (χ4v) is 6.59. The number of ether oxygens (including phenoxy) is 1. The molecule has 2 aliphatic heterocycles. The molecule has 2 atom stereocenters. The van der Waals surface area contributed by atoms with Gasteiger partial charge in [-0.25, -0.2) is 0 Å². The molecular formula is C20H28BrN3O4S. The van der Waals surface area contributed by atoms with Gasteiger partial charge in [-0.15, -0.1) is 0 Å². The Bertz CT molecular complexity index is 871. The highest BCUT2D eigenvalue weighted by atomic mass is 79.9. The van der Waals surface area contributed by atoms with E-state index >= 15 is 0 Å². The van der Waals surface area contributed by atoms with E-state index in [1.54, 1.807) is 0 Å². The summed E-state index contributed by atoms with van der Waals surface area (Å²) in [5.41, 5.74) is 0.614. The minimum atomic E-state index is -3.54. The number of carbonyl (C=O) groups is 1. The molecule has 1 aromatic rings. The lowest BCUT2D eigenvalue weighted by molar-refractivity contribution is -0.135. The molecule has 2 saturated heterocycles. The quantitative estimate of drug-likeness (QED) is 0.653. The van der Waals surface area contributed by atoms with Gasteiger partial charge in [0.15, 0.2) is 0 Å². The summed E-state index contributed by atoms with van der Waals surface area (Å²) >= 11 is 3.49. The average Bonchev–Trinajstić information content (AvgIpc) is 3.49. The van der Waals surface area contributed by atoms with Crippen molar-refractivity contribution in [2.75, 3.05) is 39.3 Å². The molecule has 1 saturated carbocycles. The van der Waals surface area contributed by atoms with Crippen LogP contribution in [0.3, 0.4) is 0 Å². The maximum atomic E-state index is 13.3. The fourth-order valence-electron chi connectivity index (χ4n) is 4.44. The van der Waals surface area contributed by atoms with E-state index in [1.165, 1.54) is 8.61 Å². The fraction of sp³-hybridized carbons (Fsp3) is 0.650. The molecule has 3 aliphatic rings. The van der Waals surface area contributed by atoms with Gasteiger partial charge in [0.2, 0.25) is 5.91 Å². The van der Waals surface area contributed by atoms with Crippen LogP contribution in [0.5, 0.6) is 0 Å². The molecule has 1 aliphatic carbocycles. The van der Waals surface area contributed by atoms with Gasteiger partial charge in [0.25, 0.3) is 10.2 Å². The normalized spacial score (nSPS) is 28.3. The van der Waals surface area contributed by atoms with E-state index in [1.807, 2.05) is 43.0 Å². The van der Waals surface area contributed by atoms with Crippen LogP contribution in [-0.4, -0.2) is 79.3 Å². The number of piperazine rings is 1. The minimum absolute atomic E-state index is 0.115. The van der Waals surface area contributed by atoms with E-state index in [9.17, 15) is 13.2 Å². The van der Waals surface area contributed by atoms with Crippen molar-refractivity contribution in [1.82, 2.24) is 13.5 Å². The zero-order chi connectivity index (χ0) is 20.8. The topological polar surface area (TPSA) is 70.2 Å². The molecule has 7 nitrogen and oxygen atoms in total. The molecule has 160 valence electrons. The van der Waals surface area contributed by atoms with Crippen molar-refractivity contribution >= 4 is 32.0 Å². The number of carbonyl (C=O) groups excluding carboxylic acids is 1. The first-order valence-electron chi connectivity index (χ1n) is 10.2. The van der Waals surface area contributed by atoms with Crippen LogP contribution in [-0.2, 0) is 25.2 Å². The molecule has 9 heteroatoms. The van der Waals surface area contributed by atoms with Crippen molar-refractivity contribution in [2.24, 2.45) is 0 Å². The van der Waals surface area contributed by atoms with Gasteiger partial charge in [0, 0.05) is 43.7 Å². The molecule has 1 amide bonds. The van der Waals surface area contributed by atoms with Gasteiger partial charge in [0.05, 0.1) is 17.6 Å². The second-order valence-electron chi connectivity index (χ2n) is 8.37. The molecule has 4 rings (SSSR count). The largest absolute Gasteiger partial charge is 0.373 e. The second-order valence-corrected chi connectivity index (χ2v) is 11.2. The highest BCUT2D eigenvalue weighted by molar-refractivity contribution is 9.10. The summed E-state index contributed by atoms with van der Waals surface area (Å²) in [5, 5.41) is 0. The van der Waals surface area contributed by atoms with E-state index in [4.69, 9.17) is 4.74 Å². The van der Waals surface area contributed by atoms with Gasteiger partial charge >= 0.3 is 0 Å². The van der Waals surface area contributed by atoms with E-state index in [0.29, 0.717) is 39.3 Å². The Kier molecular flexibility index (Phi) is 5.80. The molecule has 0 spiro atoms. The van der Waals surface area contributed by atoms with Crippen LogP contribution >= 0.6 is 15.9 Å². The summed E-state index contributed by atoms with van der Waals surface area (Å²) in [5.74, 6) is 0.126. The van der Waals surface area contributed by atoms with Crippen molar-refractivity contribution in [3.8, 4) is 0 Å². The highest BCUT2D eigenvalue weighted by Crippen LogP contribution is 2.50. The molecular weight excluding hydrogens is 458 g/mol. The lowest BCUT2D eigenvalue weighted by Crippen LogP contribution is -2.58. The predicted molar refractivity (Wildman–Crippen MR) is 114 cm³/mol. The number of hydrogen-bond donors (Lipinski definition) is 0. The van der Waals surface area contributed by atoms with Crippen molar-refractivity contribution in [2.45, 2.75) is 44.3 Å². The number of hydrogen-bond acceptors (Lipinski definition) is 4. The first kappa shape index (κ1) is 21.2. The number of amides is 1. The Balaban J connectivity index is 1.41. The summed E-state index contributed by atoms with van der Waals surface area (Å²) in [6, 6.07) is 7.95. The number of nitrogens with zero attached hydrogens (tertiary/aromatic N) is 3. The number of rotatable bonds is 4. The summed E-state index contributed by atoms with van der Waals surface area (Å²) < 4.78 is 35.8. The first-order valence-corrected chi connectivity index (χ1v) is 12.4. The third-order valence-electron chi connectivity index (χ3n) is 6.10. The van der Waals surface area contributed by atoms with Gasteiger partial charge in [-0.2, -0.15) is 17.0 Å². The maximum Gasteiger partial charge on any atom is 0.282 e. The molecule has 3 fully saturated rings. The Labute approximate surface area is 181 Å². The van der Waals surface area contributed by atoms with Crippen LogP contribution in [0.2, 0.25) is 0 Å². The van der Waals surface area contributed by atoms with E-state index in [0.717, 1.165) is 22.9 Å². The van der Waals surface area contributed by atoms with Crippen LogP contribution < -0.4 is 0 Å². The minimum Gasteiger partial charge on any atom is -0.373 e. The van der Waals surface area contributed by atoms with Gasteiger partial charge in [-0.05, 0) is 44.4 Å². The Morgan fingerprint density at radius 1 is 1.07 bits per heavy atom. The molecule has 0 radical (unpaired) electrons. The van der Waals surface area contributed by atoms with E-state index < -0.39 is 15.6 Å². The van der Waals surface area contributed by atoms with Gasteiger partial charge in [-0.3, -0.25) is 4.79 Å². The van der Waals surface area contributed by atoms with Crippen LogP contribution in [0, 0.1) is 0 Å². The maximum absolute atomic E-state index is 13.3. The van der Waals surface area contributed by atoms with Gasteiger partial charge in [-0.1, -0.05) is 28.1 Å². The van der Waals surface area contributed by atoms with Crippen LogP contribution in [0.4, 0.5) is 0 Å². The highest BCUT2D eigenvalue weighted by Gasteiger charge is 2.53. The third-order valence-corrected chi connectivity index (χ3v) is 8.56. The SMILES string of the molecule is CC1CN(S(=O)(=O)N2CCN(C(=O)C3(c4cccc(Br)c4)CC3)CC2)CC(C)O1. The van der Waals surface area contributed by atoms with Crippen LogP contribution in [0.15, 0.2) is 28.7 Å². The number of morpholine rings is 1. The number of benzene rings is 1. The second kappa shape index (κ2) is 7.92. The van der Waals surface area contributed by atoms with E-state index in [-0.39, 0.29) is 18.1 Å². The lowest BCUT2D eigenvalue weighted by atomic mass is 9.94. The zero-order valence-electron chi connectivity index (χ0n) is 16.9.